The van der Waals surface area contributed by atoms with E-state index in [9.17, 15) is 4.79 Å². The molecular weight excluding hydrogens is 440 g/mol. The van der Waals surface area contributed by atoms with E-state index in [-0.39, 0.29) is 5.91 Å². The number of amides is 1. The first kappa shape index (κ1) is 19.9. The molecule has 4 nitrogen and oxygen atoms in total. The molecule has 148 valence electrons. The third kappa shape index (κ3) is 4.75. The number of fused-ring (bicyclic) bond motifs is 1. The molecule has 0 atom stereocenters. The SMILES string of the molecule is O=C(N/N=C\c1ccc(OCc2cccc3ccccc23)c(Br)c1)c1ccccc1. The van der Waals surface area contributed by atoms with Gasteiger partial charge in [0, 0.05) is 5.56 Å². The Kier molecular flexibility index (Phi) is 6.20. The van der Waals surface area contributed by atoms with Crippen molar-refractivity contribution in [3.8, 4) is 5.75 Å². The molecule has 5 heteroatoms. The van der Waals surface area contributed by atoms with Crippen LogP contribution in [0.1, 0.15) is 21.5 Å². The average molecular weight is 459 g/mol. The Morgan fingerprint density at radius 3 is 2.53 bits per heavy atom. The molecule has 4 aromatic carbocycles. The summed E-state index contributed by atoms with van der Waals surface area (Å²) >= 11 is 3.55. The Hall–Kier alpha value is -3.44. The fourth-order valence-corrected chi connectivity index (χ4v) is 3.62. The second-order valence-electron chi connectivity index (χ2n) is 6.68. The van der Waals surface area contributed by atoms with Gasteiger partial charge in [-0.1, -0.05) is 60.7 Å². The van der Waals surface area contributed by atoms with E-state index in [1.54, 1.807) is 18.3 Å². The lowest BCUT2D eigenvalue weighted by atomic mass is 10.1. The van der Waals surface area contributed by atoms with E-state index < -0.39 is 0 Å². The van der Waals surface area contributed by atoms with Gasteiger partial charge < -0.3 is 4.74 Å². The molecule has 4 rings (SSSR count). The highest BCUT2D eigenvalue weighted by Gasteiger charge is 2.06. The fraction of sp³-hybridized carbons (Fsp3) is 0.0400. The zero-order valence-electron chi connectivity index (χ0n) is 16.1. The molecule has 0 radical (unpaired) electrons. The predicted molar refractivity (Wildman–Crippen MR) is 124 cm³/mol. The first-order valence-corrected chi connectivity index (χ1v) is 10.3. The zero-order chi connectivity index (χ0) is 20.8. The molecule has 0 spiro atoms. The van der Waals surface area contributed by atoms with E-state index >= 15 is 0 Å². The molecule has 1 N–H and O–H groups in total. The second kappa shape index (κ2) is 9.37. The third-order valence-corrected chi connectivity index (χ3v) is 5.25. The molecule has 0 aliphatic carbocycles. The summed E-state index contributed by atoms with van der Waals surface area (Å²) in [5, 5.41) is 6.42. The monoisotopic (exact) mass is 458 g/mol. The van der Waals surface area contributed by atoms with Crippen molar-refractivity contribution in [3.63, 3.8) is 0 Å². The van der Waals surface area contributed by atoms with Gasteiger partial charge in [0.2, 0.25) is 0 Å². The lowest BCUT2D eigenvalue weighted by molar-refractivity contribution is 0.0955. The largest absolute Gasteiger partial charge is 0.488 e. The number of benzene rings is 4. The Morgan fingerprint density at radius 2 is 1.70 bits per heavy atom. The van der Waals surface area contributed by atoms with Crippen LogP contribution in [0.4, 0.5) is 0 Å². The number of carbonyl (C=O) groups excluding carboxylic acids is 1. The molecule has 0 saturated carbocycles. The quantitative estimate of drug-likeness (QED) is 0.286. The van der Waals surface area contributed by atoms with Gasteiger partial charge in [-0.25, -0.2) is 5.43 Å². The topological polar surface area (TPSA) is 50.7 Å². The summed E-state index contributed by atoms with van der Waals surface area (Å²) in [6.45, 7) is 0.473. The van der Waals surface area contributed by atoms with Gasteiger partial charge >= 0.3 is 0 Å². The van der Waals surface area contributed by atoms with Gasteiger partial charge in [-0.3, -0.25) is 4.79 Å². The Bertz CT molecular complexity index is 1200. The van der Waals surface area contributed by atoms with Gasteiger partial charge in [0.15, 0.2) is 0 Å². The minimum Gasteiger partial charge on any atom is -0.488 e. The number of hydrogen-bond donors (Lipinski definition) is 1. The van der Waals surface area contributed by atoms with Gasteiger partial charge in [-0.15, -0.1) is 0 Å². The molecule has 0 fully saturated rings. The number of nitrogens with one attached hydrogen (secondary N) is 1. The van der Waals surface area contributed by atoms with Crippen molar-refractivity contribution < 1.29 is 9.53 Å². The van der Waals surface area contributed by atoms with Crippen LogP contribution in [0.3, 0.4) is 0 Å². The van der Waals surface area contributed by atoms with Crippen molar-refractivity contribution in [1.82, 2.24) is 5.43 Å². The first-order chi connectivity index (χ1) is 14.7. The van der Waals surface area contributed by atoms with Crippen molar-refractivity contribution >= 4 is 38.8 Å². The minimum absolute atomic E-state index is 0.249. The molecule has 0 heterocycles. The second-order valence-corrected chi connectivity index (χ2v) is 7.54. The smallest absolute Gasteiger partial charge is 0.271 e. The van der Waals surface area contributed by atoms with E-state index in [1.165, 1.54) is 10.8 Å². The summed E-state index contributed by atoms with van der Waals surface area (Å²) in [5.41, 5.74) is 5.07. The summed E-state index contributed by atoms with van der Waals surface area (Å²) < 4.78 is 6.85. The van der Waals surface area contributed by atoms with Crippen LogP contribution in [0.5, 0.6) is 5.75 Å². The minimum atomic E-state index is -0.249. The maximum absolute atomic E-state index is 12.0. The summed E-state index contributed by atoms with van der Waals surface area (Å²) in [5.74, 6) is 0.495. The van der Waals surface area contributed by atoms with Gasteiger partial charge in [0.25, 0.3) is 5.91 Å². The van der Waals surface area contributed by atoms with Gasteiger partial charge in [0.1, 0.15) is 12.4 Å². The molecule has 0 unspecified atom stereocenters. The molecule has 30 heavy (non-hydrogen) atoms. The van der Waals surface area contributed by atoms with Crippen LogP contribution in [-0.2, 0) is 6.61 Å². The van der Waals surface area contributed by atoms with Crippen molar-refractivity contribution in [2.75, 3.05) is 0 Å². The van der Waals surface area contributed by atoms with Crippen LogP contribution in [-0.4, -0.2) is 12.1 Å². The highest BCUT2D eigenvalue weighted by Crippen LogP contribution is 2.27. The number of hydrazone groups is 1. The Labute approximate surface area is 183 Å². The van der Waals surface area contributed by atoms with Crippen LogP contribution >= 0.6 is 15.9 Å². The Morgan fingerprint density at radius 1 is 0.933 bits per heavy atom. The summed E-state index contributed by atoms with van der Waals surface area (Å²) in [6.07, 6.45) is 1.60. The van der Waals surface area contributed by atoms with Crippen LogP contribution in [0.15, 0.2) is 101 Å². The number of rotatable bonds is 6. The van der Waals surface area contributed by atoms with Gasteiger partial charge in [0.05, 0.1) is 10.7 Å². The molecule has 4 aromatic rings. The lowest BCUT2D eigenvalue weighted by Crippen LogP contribution is -2.17. The van der Waals surface area contributed by atoms with E-state index in [2.05, 4.69) is 50.7 Å². The van der Waals surface area contributed by atoms with Crippen LogP contribution in [0.2, 0.25) is 0 Å². The fourth-order valence-electron chi connectivity index (χ4n) is 3.11. The number of halogens is 1. The summed E-state index contributed by atoms with van der Waals surface area (Å²) in [6, 6.07) is 29.1. The van der Waals surface area contributed by atoms with E-state index in [4.69, 9.17) is 4.74 Å². The highest BCUT2D eigenvalue weighted by atomic mass is 79.9. The third-order valence-electron chi connectivity index (χ3n) is 4.63. The lowest BCUT2D eigenvalue weighted by Gasteiger charge is -2.11. The molecule has 0 bridgehead atoms. The van der Waals surface area contributed by atoms with E-state index in [1.807, 2.05) is 54.6 Å². The number of carbonyl (C=O) groups is 1. The highest BCUT2D eigenvalue weighted by molar-refractivity contribution is 9.10. The van der Waals surface area contributed by atoms with Crippen molar-refractivity contribution in [3.05, 3.63) is 112 Å². The van der Waals surface area contributed by atoms with Crippen LogP contribution in [0, 0.1) is 0 Å². The Balaban J connectivity index is 1.40. The molecule has 0 aromatic heterocycles. The molecule has 0 aliphatic rings. The maximum atomic E-state index is 12.0. The van der Waals surface area contributed by atoms with Crippen molar-refractivity contribution in [1.29, 1.82) is 0 Å². The summed E-state index contributed by atoms with van der Waals surface area (Å²) in [7, 11) is 0. The molecule has 1 amide bonds. The maximum Gasteiger partial charge on any atom is 0.271 e. The van der Waals surface area contributed by atoms with Crippen LogP contribution in [0.25, 0.3) is 10.8 Å². The normalized spacial score (nSPS) is 11.0. The number of ether oxygens (including phenoxy) is 1. The van der Waals surface area contributed by atoms with E-state index in [0.29, 0.717) is 12.2 Å². The number of hydrogen-bond acceptors (Lipinski definition) is 3. The van der Waals surface area contributed by atoms with Gasteiger partial charge in [-0.05, 0) is 68.2 Å². The standard InChI is InChI=1S/C25H19BrN2O2/c26-23-15-18(16-27-28-25(29)20-8-2-1-3-9-20)13-14-24(23)30-17-21-11-6-10-19-7-4-5-12-22(19)21/h1-16H,17H2,(H,28,29)/b27-16-. The van der Waals surface area contributed by atoms with Crippen LogP contribution < -0.4 is 10.2 Å². The van der Waals surface area contributed by atoms with E-state index in [0.717, 1.165) is 21.3 Å². The molecule has 0 saturated heterocycles. The molecule has 0 aliphatic heterocycles. The molecular formula is C25H19BrN2O2. The number of nitrogens with zero attached hydrogens (tertiary/aromatic N) is 1. The summed E-state index contributed by atoms with van der Waals surface area (Å²) in [4.78, 5) is 12.0. The van der Waals surface area contributed by atoms with Gasteiger partial charge in [-0.2, -0.15) is 5.10 Å². The van der Waals surface area contributed by atoms with Crippen molar-refractivity contribution in [2.24, 2.45) is 5.10 Å². The zero-order valence-corrected chi connectivity index (χ0v) is 17.7. The average Bonchev–Trinajstić information content (AvgIpc) is 2.79. The first-order valence-electron chi connectivity index (χ1n) is 9.48. The predicted octanol–water partition coefficient (Wildman–Crippen LogP) is 5.95. The van der Waals surface area contributed by atoms with Crippen molar-refractivity contribution in [2.45, 2.75) is 6.61 Å².